The van der Waals surface area contributed by atoms with Gasteiger partial charge in [-0.3, -0.25) is 9.69 Å². The lowest BCUT2D eigenvalue weighted by Crippen LogP contribution is -2.61. The van der Waals surface area contributed by atoms with Crippen LogP contribution in [-0.4, -0.2) is 85.7 Å². The summed E-state index contributed by atoms with van der Waals surface area (Å²) in [6.45, 7) is 5.88. The predicted molar refractivity (Wildman–Crippen MR) is 159 cm³/mol. The first-order valence-corrected chi connectivity index (χ1v) is 15.3. The van der Waals surface area contributed by atoms with Gasteiger partial charge in [-0.15, -0.1) is 0 Å². The first kappa shape index (κ1) is 30.0. The smallest absolute Gasteiger partial charge is 0.404 e. The van der Waals surface area contributed by atoms with Gasteiger partial charge in [-0.05, 0) is 111 Å². The second kappa shape index (κ2) is 13.7. The number of carbonyl (C=O) groups excluding carboxylic acids is 2. The van der Waals surface area contributed by atoms with Crippen LogP contribution in [0.1, 0.15) is 70.6 Å². The number of primary amides is 1. The molecule has 2 aliphatic heterocycles. The third-order valence-electron chi connectivity index (χ3n) is 9.37. The number of likely N-dealkylation sites (N-methyl/N-ethyl adjacent to an activating group) is 1. The van der Waals surface area contributed by atoms with Gasteiger partial charge in [-0.25, -0.2) is 9.18 Å². The number of amides is 2. The fourth-order valence-corrected chi connectivity index (χ4v) is 6.82. The van der Waals surface area contributed by atoms with E-state index in [1.165, 1.54) is 12.1 Å². The number of benzene rings is 2. The molecule has 0 unspecified atom stereocenters. The van der Waals surface area contributed by atoms with Crippen LogP contribution >= 0.6 is 0 Å². The lowest BCUT2D eigenvalue weighted by molar-refractivity contribution is 0.00588. The van der Waals surface area contributed by atoms with Gasteiger partial charge >= 0.3 is 6.09 Å². The van der Waals surface area contributed by atoms with Crippen LogP contribution in [-0.2, 0) is 17.6 Å². The first-order valence-electron chi connectivity index (χ1n) is 15.3. The second-order valence-corrected chi connectivity index (χ2v) is 12.2. The molecular formula is C33H42FN5O3. The van der Waals surface area contributed by atoms with Crippen molar-refractivity contribution in [2.24, 2.45) is 11.7 Å². The third-order valence-corrected chi connectivity index (χ3v) is 9.37. The number of ether oxygens (including phenoxy) is 1. The van der Waals surface area contributed by atoms with Crippen LogP contribution in [0.5, 0.6) is 0 Å². The number of aryl methyl sites for hydroxylation is 1. The Bertz CT molecular complexity index is 1300. The second-order valence-electron chi connectivity index (χ2n) is 12.2. The van der Waals surface area contributed by atoms with E-state index in [0.717, 1.165) is 94.4 Å². The Morgan fingerprint density at radius 2 is 1.86 bits per heavy atom. The quantitative estimate of drug-likeness (QED) is 0.453. The summed E-state index contributed by atoms with van der Waals surface area (Å²) in [5, 5.41) is 9.57. The number of hydrogen-bond acceptors (Lipinski definition) is 6. The Hall–Kier alpha value is -3.48. The van der Waals surface area contributed by atoms with Crippen molar-refractivity contribution in [1.82, 2.24) is 14.7 Å². The lowest BCUT2D eigenvalue weighted by atomic mass is 9.86. The molecule has 9 heteroatoms. The number of rotatable bonds is 10. The summed E-state index contributed by atoms with van der Waals surface area (Å²) < 4.78 is 18.8. The van der Waals surface area contributed by atoms with E-state index in [-0.39, 0.29) is 17.6 Å². The molecule has 0 radical (unpaired) electrons. The number of fused-ring (bicyclic) bond motifs is 1. The van der Waals surface area contributed by atoms with Crippen molar-refractivity contribution in [3.05, 3.63) is 70.0 Å². The summed E-state index contributed by atoms with van der Waals surface area (Å²) in [5.41, 5.74) is 9.54. The topological polar surface area (TPSA) is 103 Å². The molecule has 1 aliphatic carbocycles. The third kappa shape index (κ3) is 7.29. The molecule has 2 aromatic rings. The van der Waals surface area contributed by atoms with Gasteiger partial charge in [-0.2, -0.15) is 5.26 Å². The predicted octanol–water partition coefficient (Wildman–Crippen LogP) is 4.31. The molecule has 0 aromatic heterocycles. The molecule has 3 aliphatic rings. The van der Waals surface area contributed by atoms with Gasteiger partial charge in [-0.1, -0.05) is 12.1 Å². The number of carbonyl (C=O) groups is 2. The number of nitriles is 1. The van der Waals surface area contributed by atoms with Crippen molar-refractivity contribution in [2.45, 2.75) is 56.9 Å². The Morgan fingerprint density at radius 1 is 1.14 bits per heavy atom. The Morgan fingerprint density at radius 3 is 2.55 bits per heavy atom. The zero-order valence-corrected chi connectivity index (χ0v) is 24.6. The molecule has 8 nitrogen and oxygen atoms in total. The van der Waals surface area contributed by atoms with Crippen LogP contribution in [0, 0.1) is 23.1 Å². The summed E-state index contributed by atoms with van der Waals surface area (Å²) >= 11 is 0. The van der Waals surface area contributed by atoms with E-state index in [2.05, 4.69) is 15.9 Å². The normalized spacial score (nSPS) is 18.9. The summed E-state index contributed by atoms with van der Waals surface area (Å²) in [6, 6.07) is 13.1. The summed E-state index contributed by atoms with van der Waals surface area (Å²) in [5.74, 6) is 0.131. The number of halogens is 1. The minimum Gasteiger partial charge on any atom is -0.449 e. The number of nitrogens with zero attached hydrogens (tertiary/aromatic N) is 4. The molecule has 0 bridgehead atoms. The molecule has 0 saturated carbocycles. The average molecular weight is 576 g/mol. The molecule has 2 fully saturated rings. The van der Waals surface area contributed by atoms with E-state index in [0.29, 0.717) is 36.2 Å². The van der Waals surface area contributed by atoms with Crippen LogP contribution in [0.25, 0.3) is 0 Å². The summed E-state index contributed by atoms with van der Waals surface area (Å²) in [4.78, 5) is 31.4. The number of nitrogens with two attached hydrogens (primary N) is 1. The zero-order chi connectivity index (χ0) is 29.6. The maximum absolute atomic E-state index is 13.8. The summed E-state index contributed by atoms with van der Waals surface area (Å²) in [6.07, 6.45) is 6.10. The highest BCUT2D eigenvalue weighted by molar-refractivity contribution is 5.96. The van der Waals surface area contributed by atoms with Gasteiger partial charge in [0.05, 0.1) is 18.2 Å². The zero-order valence-electron chi connectivity index (χ0n) is 24.6. The minimum absolute atomic E-state index is 0.0500. The maximum Gasteiger partial charge on any atom is 0.404 e. The van der Waals surface area contributed by atoms with Gasteiger partial charge < -0.3 is 20.3 Å². The van der Waals surface area contributed by atoms with E-state index in [1.807, 2.05) is 25.2 Å². The lowest BCUT2D eigenvalue weighted by Gasteiger charge is -2.48. The van der Waals surface area contributed by atoms with E-state index >= 15 is 0 Å². The van der Waals surface area contributed by atoms with Gasteiger partial charge in [0.15, 0.2) is 0 Å². The van der Waals surface area contributed by atoms with Gasteiger partial charge in [0.25, 0.3) is 5.91 Å². The van der Waals surface area contributed by atoms with Crippen LogP contribution < -0.4 is 5.73 Å². The minimum atomic E-state index is -0.700. The average Bonchev–Trinajstić information content (AvgIpc) is 2.98. The monoisotopic (exact) mass is 575 g/mol. The summed E-state index contributed by atoms with van der Waals surface area (Å²) in [7, 11) is 1.84. The van der Waals surface area contributed by atoms with Crippen LogP contribution in [0.4, 0.5) is 9.18 Å². The molecule has 224 valence electrons. The number of piperidine rings is 1. The van der Waals surface area contributed by atoms with Crippen molar-refractivity contribution < 1.29 is 18.7 Å². The molecule has 2 N–H and O–H groups in total. The Labute approximate surface area is 248 Å². The SMILES string of the molecule is CN(C[C@@H](CCN1CC(N2CCC(COC(N)=O)CC2)C1)c1ccc(F)cc1)C(=O)c1cc(C#N)cc2c1CCCC2. The van der Waals surface area contributed by atoms with Crippen LogP contribution in [0.15, 0.2) is 36.4 Å². The van der Waals surface area contributed by atoms with Crippen molar-refractivity contribution in [3.8, 4) is 6.07 Å². The van der Waals surface area contributed by atoms with E-state index in [4.69, 9.17) is 10.5 Å². The highest BCUT2D eigenvalue weighted by Gasteiger charge is 2.34. The van der Waals surface area contributed by atoms with Crippen molar-refractivity contribution in [2.75, 3.05) is 52.9 Å². The Kier molecular flexibility index (Phi) is 9.76. The molecule has 2 heterocycles. The molecule has 2 amide bonds. The standard InChI is InChI=1S/C33H42FN5O3/c1-37(32(40)31-17-24(18-35)16-26-4-2-3-5-30(26)31)19-27(25-6-8-28(34)9-7-25)12-13-38-20-29(21-38)39-14-10-23(11-15-39)22-42-33(36)41/h6-9,16-17,23,27,29H,2-5,10-15,19-22H2,1H3,(H2,36,41)/t27-/m1/s1. The molecule has 42 heavy (non-hydrogen) atoms. The Balaban J connectivity index is 1.18. The molecule has 2 aromatic carbocycles. The van der Waals surface area contributed by atoms with E-state index in [9.17, 15) is 19.2 Å². The molecule has 5 rings (SSSR count). The van der Waals surface area contributed by atoms with Gasteiger partial charge in [0.2, 0.25) is 0 Å². The highest BCUT2D eigenvalue weighted by Crippen LogP contribution is 2.29. The van der Waals surface area contributed by atoms with E-state index in [1.54, 1.807) is 11.0 Å². The van der Waals surface area contributed by atoms with E-state index < -0.39 is 6.09 Å². The molecule has 1 atom stereocenters. The van der Waals surface area contributed by atoms with Crippen molar-refractivity contribution in [3.63, 3.8) is 0 Å². The molecular weight excluding hydrogens is 533 g/mol. The van der Waals surface area contributed by atoms with Crippen LogP contribution in [0.2, 0.25) is 0 Å². The molecule has 0 spiro atoms. The molecule has 2 saturated heterocycles. The number of likely N-dealkylation sites (tertiary alicyclic amines) is 2. The number of hydrogen-bond donors (Lipinski definition) is 1. The van der Waals surface area contributed by atoms with Crippen LogP contribution in [0.3, 0.4) is 0 Å². The largest absolute Gasteiger partial charge is 0.449 e. The van der Waals surface area contributed by atoms with Gasteiger partial charge in [0, 0.05) is 44.2 Å². The highest BCUT2D eigenvalue weighted by atomic mass is 19.1. The first-order chi connectivity index (χ1) is 20.3. The van der Waals surface area contributed by atoms with Gasteiger partial charge in [0.1, 0.15) is 5.82 Å². The van der Waals surface area contributed by atoms with Crippen molar-refractivity contribution in [1.29, 1.82) is 5.26 Å². The maximum atomic E-state index is 13.8. The fraction of sp³-hybridized carbons (Fsp3) is 0.545. The fourth-order valence-electron chi connectivity index (χ4n) is 6.82. The van der Waals surface area contributed by atoms with Crippen molar-refractivity contribution >= 4 is 12.0 Å².